The van der Waals surface area contributed by atoms with E-state index in [2.05, 4.69) is 19.6 Å². The van der Waals surface area contributed by atoms with Crippen molar-refractivity contribution < 1.29 is 36.2 Å². The van der Waals surface area contributed by atoms with Crippen molar-refractivity contribution in [3.8, 4) is 23.1 Å². The smallest absolute Gasteiger partial charge is 0.473 e. The van der Waals surface area contributed by atoms with Crippen molar-refractivity contribution in [1.29, 1.82) is 0 Å². The second kappa shape index (κ2) is 7.75. The monoisotopic (exact) mass is 487 g/mol. The summed E-state index contributed by atoms with van der Waals surface area (Å²) in [7, 11) is 0. The SMILES string of the molecule is FC1(F)Oc2ccc(COc3cc(-n4nc(C(F)(F)F)c5c4C(Cl)CCC5)ccn3)cc2O1. The molecule has 1 aliphatic carbocycles. The summed E-state index contributed by atoms with van der Waals surface area (Å²) < 4.78 is 82.5. The van der Waals surface area contributed by atoms with Gasteiger partial charge in [0.1, 0.15) is 6.61 Å². The Balaban J connectivity index is 1.40. The lowest BCUT2D eigenvalue weighted by Crippen LogP contribution is -2.25. The Morgan fingerprint density at radius 3 is 2.73 bits per heavy atom. The topological polar surface area (TPSA) is 58.4 Å². The summed E-state index contributed by atoms with van der Waals surface area (Å²) in [5.74, 6) is -0.113. The van der Waals surface area contributed by atoms with Crippen molar-refractivity contribution in [3.05, 3.63) is 59.0 Å². The van der Waals surface area contributed by atoms with Gasteiger partial charge in [-0.05, 0) is 43.0 Å². The normalized spacial score (nSPS) is 18.8. The van der Waals surface area contributed by atoms with Gasteiger partial charge in [-0.15, -0.1) is 20.4 Å². The first-order valence-corrected chi connectivity index (χ1v) is 10.4. The maximum absolute atomic E-state index is 13.5. The molecule has 174 valence electrons. The van der Waals surface area contributed by atoms with Crippen LogP contribution in [0.2, 0.25) is 0 Å². The third kappa shape index (κ3) is 4.17. The Morgan fingerprint density at radius 2 is 1.94 bits per heavy atom. The molecule has 2 aliphatic rings. The number of aromatic nitrogens is 3. The molecule has 0 fully saturated rings. The van der Waals surface area contributed by atoms with Crippen molar-refractivity contribution in [2.45, 2.75) is 43.7 Å². The van der Waals surface area contributed by atoms with E-state index in [1.54, 1.807) is 0 Å². The van der Waals surface area contributed by atoms with Crippen LogP contribution in [-0.4, -0.2) is 21.1 Å². The lowest BCUT2D eigenvalue weighted by Gasteiger charge is -2.19. The van der Waals surface area contributed by atoms with Crippen molar-refractivity contribution in [1.82, 2.24) is 14.8 Å². The van der Waals surface area contributed by atoms with Gasteiger partial charge in [0, 0.05) is 17.8 Å². The molecular weight excluding hydrogens is 473 g/mol. The summed E-state index contributed by atoms with van der Waals surface area (Å²) in [4.78, 5) is 4.07. The van der Waals surface area contributed by atoms with E-state index in [0.717, 1.165) is 0 Å². The van der Waals surface area contributed by atoms with Crippen LogP contribution < -0.4 is 14.2 Å². The molecular formula is C21H15ClF5N3O3. The Hall–Kier alpha value is -3.08. The van der Waals surface area contributed by atoms with Crippen LogP contribution in [0.25, 0.3) is 5.69 Å². The number of halogens is 6. The van der Waals surface area contributed by atoms with Crippen LogP contribution in [0, 0.1) is 0 Å². The van der Waals surface area contributed by atoms with Crippen molar-refractivity contribution in [2.24, 2.45) is 0 Å². The number of benzene rings is 1. The van der Waals surface area contributed by atoms with Crippen LogP contribution in [0.4, 0.5) is 22.0 Å². The predicted molar refractivity (Wildman–Crippen MR) is 105 cm³/mol. The van der Waals surface area contributed by atoms with E-state index in [1.165, 1.54) is 41.2 Å². The minimum Gasteiger partial charge on any atom is -0.473 e. The van der Waals surface area contributed by atoms with Gasteiger partial charge in [-0.25, -0.2) is 9.67 Å². The largest absolute Gasteiger partial charge is 0.586 e. The standard InChI is InChI=1S/C21H15ClF5N3O3/c22-14-3-1-2-13-18(14)30(29-19(13)20(23,24)25)12-6-7-28-17(9-12)31-10-11-4-5-15-16(8-11)33-21(26,27)32-15/h4-9,14H,1-3,10H2. The zero-order chi connectivity index (χ0) is 23.4. The van der Waals surface area contributed by atoms with Gasteiger partial charge in [0.25, 0.3) is 0 Å². The van der Waals surface area contributed by atoms with E-state index < -0.39 is 23.5 Å². The zero-order valence-electron chi connectivity index (χ0n) is 16.7. The number of pyridine rings is 1. The quantitative estimate of drug-likeness (QED) is 0.344. The van der Waals surface area contributed by atoms with Gasteiger partial charge in [0.15, 0.2) is 17.2 Å². The molecule has 1 aromatic carbocycles. The summed E-state index contributed by atoms with van der Waals surface area (Å²) in [5, 5.41) is 3.21. The Bertz CT molecular complexity index is 1210. The average Bonchev–Trinajstić information content (AvgIpc) is 3.29. The number of rotatable bonds is 4. The molecule has 0 bridgehead atoms. The zero-order valence-corrected chi connectivity index (χ0v) is 17.5. The molecule has 0 radical (unpaired) electrons. The molecule has 6 nitrogen and oxygen atoms in total. The first-order chi connectivity index (χ1) is 15.6. The summed E-state index contributed by atoms with van der Waals surface area (Å²) in [6.45, 7) is -0.0538. The molecule has 0 amide bonds. The minimum absolute atomic E-state index is 0.0538. The van der Waals surface area contributed by atoms with Crippen molar-refractivity contribution in [3.63, 3.8) is 0 Å². The van der Waals surface area contributed by atoms with Crippen molar-refractivity contribution >= 4 is 11.6 Å². The van der Waals surface area contributed by atoms with Crippen LogP contribution in [0.15, 0.2) is 36.5 Å². The van der Waals surface area contributed by atoms with Gasteiger partial charge in [0.2, 0.25) is 5.88 Å². The second-order valence-electron chi connectivity index (χ2n) is 7.57. The molecule has 12 heteroatoms. The summed E-state index contributed by atoms with van der Waals surface area (Å²) in [6, 6.07) is 7.13. The highest BCUT2D eigenvalue weighted by atomic mass is 35.5. The number of hydrogen-bond donors (Lipinski definition) is 0. The average molecular weight is 488 g/mol. The van der Waals surface area contributed by atoms with E-state index in [-0.39, 0.29) is 36.0 Å². The lowest BCUT2D eigenvalue weighted by atomic mass is 9.95. The minimum atomic E-state index is -4.61. The molecule has 2 aromatic heterocycles. The molecule has 0 saturated carbocycles. The summed E-state index contributed by atoms with van der Waals surface area (Å²) in [5.41, 5.74) is 0.275. The Labute approximate surface area is 188 Å². The molecule has 1 aliphatic heterocycles. The predicted octanol–water partition coefficient (Wildman–Crippen LogP) is 5.80. The summed E-state index contributed by atoms with van der Waals surface area (Å²) in [6.07, 6.45) is -5.64. The van der Waals surface area contributed by atoms with Gasteiger partial charge in [0.05, 0.1) is 16.8 Å². The molecule has 33 heavy (non-hydrogen) atoms. The highest BCUT2D eigenvalue weighted by Crippen LogP contribution is 2.43. The first kappa shape index (κ1) is 21.7. The highest BCUT2D eigenvalue weighted by molar-refractivity contribution is 6.20. The molecule has 0 saturated heterocycles. The molecule has 3 aromatic rings. The Kier molecular flexibility index (Phi) is 5.11. The van der Waals surface area contributed by atoms with Gasteiger partial charge >= 0.3 is 12.5 Å². The van der Waals surface area contributed by atoms with Gasteiger partial charge in [-0.3, -0.25) is 0 Å². The number of alkyl halides is 6. The third-order valence-corrected chi connectivity index (χ3v) is 5.71. The fourth-order valence-corrected chi connectivity index (χ4v) is 4.28. The van der Waals surface area contributed by atoms with Gasteiger partial charge in [-0.1, -0.05) is 6.07 Å². The van der Waals surface area contributed by atoms with E-state index >= 15 is 0 Å². The van der Waals surface area contributed by atoms with Crippen molar-refractivity contribution in [2.75, 3.05) is 0 Å². The lowest BCUT2D eigenvalue weighted by molar-refractivity contribution is -0.286. The van der Waals surface area contributed by atoms with Gasteiger partial charge in [-0.2, -0.15) is 18.3 Å². The van der Waals surface area contributed by atoms with Crippen LogP contribution >= 0.6 is 11.6 Å². The molecule has 1 atom stereocenters. The number of nitrogens with zero attached hydrogens (tertiary/aromatic N) is 3. The molecule has 0 N–H and O–H groups in total. The highest BCUT2D eigenvalue weighted by Gasteiger charge is 2.43. The van der Waals surface area contributed by atoms with Gasteiger partial charge < -0.3 is 14.2 Å². The van der Waals surface area contributed by atoms with Crippen LogP contribution in [0.1, 0.15) is 40.7 Å². The molecule has 3 heterocycles. The van der Waals surface area contributed by atoms with Crippen LogP contribution in [0.3, 0.4) is 0 Å². The Morgan fingerprint density at radius 1 is 1.15 bits per heavy atom. The number of ether oxygens (including phenoxy) is 3. The third-order valence-electron chi connectivity index (χ3n) is 5.29. The van der Waals surface area contributed by atoms with E-state index in [0.29, 0.717) is 29.8 Å². The first-order valence-electron chi connectivity index (χ1n) is 9.92. The maximum atomic E-state index is 13.5. The maximum Gasteiger partial charge on any atom is 0.586 e. The van der Waals surface area contributed by atoms with Crippen LogP contribution in [-0.2, 0) is 19.2 Å². The fourth-order valence-electron chi connectivity index (χ4n) is 3.90. The fraction of sp³-hybridized carbons (Fsp3) is 0.333. The molecule has 5 rings (SSSR count). The number of hydrogen-bond acceptors (Lipinski definition) is 5. The molecule has 0 spiro atoms. The van der Waals surface area contributed by atoms with Crippen LogP contribution in [0.5, 0.6) is 17.4 Å². The second-order valence-corrected chi connectivity index (χ2v) is 8.10. The van der Waals surface area contributed by atoms with E-state index in [9.17, 15) is 22.0 Å². The summed E-state index contributed by atoms with van der Waals surface area (Å²) >= 11 is 6.36. The van der Waals surface area contributed by atoms with E-state index in [4.69, 9.17) is 16.3 Å². The number of fused-ring (bicyclic) bond motifs is 2. The molecule has 1 unspecified atom stereocenters. The van der Waals surface area contributed by atoms with E-state index in [1.807, 2.05) is 0 Å².